The third-order valence-electron chi connectivity index (χ3n) is 3.60. The smallest absolute Gasteiger partial charge is 0.242 e. The minimum Gasteiger partial charge on any atom is -0.463 e. The molecule has 2 rings (SSSR count). The predicted molar refractivity (Wildman–Crippen MR) is 102 cm³/mol. The van der Waals surface area contributed by atoms with Crippen LogP contribution in [-0.2, 0) is 14.8 Å². The fourth-order valence-corrected chi connectivity index (χ4v) is 3.24. The molecule has 1 aromatic heterocycles. The zero-order valence-corrected chi connectivity index (χ0v) is 16.2. The summed E-state index contributed by atoms with van der Waals surface area (Å²) < 4.78 is 36.3. The summed E-state index contributed by atoms with van der Waals surface area (Å²) in [5.41, 5.74) is 0.715. The third-order valence-corrected chi connectivity index (χ3v) is 5.47. The van der Waals surface area contributed by atoms with Crippen LogP contribution in [0.25, 0.3) is 0 Å². The van der Waals surface area contributed by atoms with Crippen LogP contribution < -0.4 is 10.1 Å². The standard InChI is InChI=1S/C18H19N5O4S/c1-4-10-27-17-14(12-19)13-20-18(22-17)21-15-5-7-16(8-6-15)28(24,25)23(2)9-11-26-3/h1,5-8,13H,9-11H2,2-3H3,(H,20,21,22). The van der Waals surface area contributed by atoms with Crippen LogP contribution in [0.4, 0.5) is 11.6 Å². The molecular formula is C18H19N5O4S. The van der Waals surface area contributed by atoms with Gasteiger partial charge in [-0.1, -0.05) is 5.92 Å². The van der Waals surface area contributed by atoms with Gasteiger partial charge < -0.3 is 14.8 Å². The first-order valence-corrected chi connectivity index (χ1v) is 9.52. The lowest BCUT2D eigenvalue weighted by atomic mass is 10.3. The van der Waals surface area contributed by atoms with Crippen molar-refractivity contribution < 1.29 is 17.9 Å². The molecule has 1 heterocycles. The zero-order chi connectivity index (χ0) is 20.6. The molecule has 0 aliphatic rings. The fourth-order valence-electron chi connectivity index (χ4n) is 2.08. The maximum Gasteiger partial charge on any atom is 0.242 e. The highest BCUT2D eigenvalue weighted by molar-refractivity contribution is 7.89. The summed E-state index contributed by atoms with van der Waals surface area (Å²) in [7, 11) is -0.609. The lowest BCUT2D eigenvalue weighted by Crippen LogP contribution is -2.30. The topological polar surface area (TPSA) is 117 Å². The van der Waals surface area contributed by atoms with Gasteiger partial charge in [-0.3, -0.25) is 0 Å². The number of nitriles is 1. The Bertz CT molecular complexity index is 994. The molecule has 28 heavy (non-hydrogen) atoms. The van der Waals surface area contributed by atoms with Crippen molar-refractivity contribution in [1.82, 2.24) is 14.3 Å². The third kappa shape index (κ3) is 5.18. The van der Waals surface area contributed by atoms with Crippen molar-refractivity contribution in [2.45, 2.75) is 4.90 Å². The molecular weight excluding hydrogens is 382 g/mol. The molecule has 1 N–H and O–H groups in total. The predicted octanol–water partition coefficient (Wildman–Crippen LogP) is 1.37. The lowest BCUT2D eigenvalue weighted by Gasteiger charge is -2.17. The Hall–Kier alpha value is -3.18. The van der Waals surface area contributed by atoms with Gasteiger partial charge >= 0.3 is 0 Å². The first-order chi connectivity index (χ1) is 13.4. The summed E-state index contributed by atoms with van der Waals surface area (Å²) in [6.07, 6.45) is 6.46. The number of anilines is 2. The number of likely N-dealkylation sites (N-methyl/N-ethyl adjacent to an activating group) is 1. The van der Waals surface area contributed by atoms with Crippen LogP contribution in [0.1, 0.15) is 5.56 Å². The summed E-state index contributed by atoms with van der Waals surface area (Å²) in [5.74, 6) is 2.54. The van der Waals surface area contributed by atoms with Gasteiger partial charge in [-0.25, -0.2) is 13.4 Å². The molecule has 10 heteroatoms. The van der Waals surface area contributed by atoms with E-state index >= 15 is 0 Å². The zero-order valence-electron chi connectivity index (χ0n) is 15.4. The van der Waals surface area contributed by atoms with Gasteiger partial charge in [0.1, 0.15) is 11.6 Å². The van der Waals surface area contributed by atoms with E-state index in [1.807, 2.05) is 6.07 Å². The van der Waals surface area contributed by atoms with Crippen LogP contribution in [0.5, 0.6) is 5.88 Å². The van der Waals surface area contributed by atoms with Crippen LogP contribution in [0.2, 0.25) is 0 Å². The molecule has 9 nitrogen and oxygen atoms in total. The van der Waals surface area contributed by atoms with E-state index < -0.39 is 10.0 Å². The summed E-state index contributed by atoms with van der Waals surface area (Å²) in [4.78, 5) is 8.29. The van der Waals surface area contributed by atoms with E-state index in [1.165, 1.54) is 36.8 Å². The van der Waals surface area contributed by atoms with Gasteiger partial charge in [0.25, 0.3) is 0 Å². The molecule has 2 aromatic rings. The Kier molecular flexibility index (Phi) is 7.29. The number of hydrogen-bond donors (Lipinski definition) is 1. The van der Waals surface area contributed by atoms with E-state index in [-0.39, 0.29) is 35.4 Å². The van der Waals surface area contributed by atoms with Crippen molar-refractivity contribution >= 4 is 21.7 Å². The summed E-state index contributed by atoms with van der Waals surface area (Å²) in [6, 6.07) is 8.03. The highest BCUT2D eigenvalue weighted by atomic mass is 32.2. The molecule has 0 atom stereocenters. The van der Waals surface area contributed by atoms with Crippen molar-refractivity contribution in [3.05, 3.63) is 36.0 Å². The minimum absolute atomic E-state index is 0.0335. The monoisotopic (exact) mass is 401 g/mol. The number of methoxy groups -OCH3 is 1. The fraction of sp³-hybridized carbons (Fsp3) is 0.278. The van der Waals surface area contributed by atoms with Gasteiger partial charge in [0.2, 0.25) is 21.9 Å². The van der Waals surface area contributed by atoms with Crippen molar-refractivity contribution in [3.8, 4) is 24.3 Å². The number of terminal acetylenes is 1. The maximum atomic E-state index is 12.5. The first-order valence-electron chi connectivity index (χ1n) is 8.08. The van der Waals surface area contributed by atoms with Gasteiger partial charge in [-0.15, -0.1) is 6.42 Å². The lowest BCUT2D eigenvalue weighted by molar-refractivity contribution is 0.185. The van der Waals surface area contributed by atoms with Crippen LogP contribution in [-0.4, -0.2) is 56.6 Å². The molecule has 0 saturated heterocycles. The molecule has 0 bridgehead atoms. The number of sulfonamides is 1. The molecule has 0 saturated carbocycles. The molecule has 0 aliphatic carbocycles. The Morgan fingerprint density at radius 2 is 2.04 bits per heavy atom. The van der Waals surface area contributed by atoms with Gasteiger partial charge in [-0.05, 0) is 24.3 Å². The highest BCUT2D eigenvalue weighted by Gasteiger charge is 2.20. The van der Waals surface area contributed by atoms with E-state index in [0.29, 0.717) is 12.3 Å². The number of nitrogens with one attached hydrogen (secondary N) is 1. The van der Waals surface area contributed by atoms with Gasteiger partial charge in [0.15, 0.2) is 6.61 Å². The second kappa shape index (κ2) is 9.67. The number of aromatic nitrogens is 2. The van der Waals surface area contributed by atoms with E-state index in [1.54, 1.807) is 12.1 Å². The molecule has 0 fully saturated rings. The number of benzene rings is 1. The molecule has 0 aliphatic heterocycles. The van der Waals surface area contributed by atoms with Gasteiger partial charge in [0.05, 0.1) is 17.7 Å². The number of rotatable bonds is 9. The average Bonchev–Trinajstić information content (AvgIpc) is 2.70. The molecule has 0 unspecified atom stereocenters. The summed E-state index contributed by atoms with van der Waals surface area (Å²) >= 11 is 0. The molecule has 0 spiro atoms. The van der Waals surface area contributed by atoms with E-state index in [9.17, 15) is 8.42 Å². The normalized spacial score (nSPS) is 10.9. The van der Waals surface area contributed by atoms with Crippen molar-refractivity contribution in [2.24, 2.45) is 0 Å². The van der Waals surface area contributed by atoms with E-state index in [0.717, 1.165) is 0 Å². The van der Waals surface area contributed by atoms with Crippen LogP contribution in [0.15, 0.2) is 35.4 Å². The average molecular weight is 401 g/mol. The van der Waals surface area contributed by atoms with E-state index in [4.69, 9.17) is 21.2 Å². The van der Waals surface area contributed by atoms with Crippen molar-refractivity contribution in [3.63, 3.8) is 0 Å². The molecule has 146 valence electrons. The van der Waals surface area contributed by atoms with Gasteiger partial charge in [0, 0.05) is 26.4 Å². The quantitative estimate of drug-likeness (QED) is 0.626. The van der Waals surface area contributed by atoms with E-state index in [2.05, 4.69) is 21.2 Å². The molecule has 0 amide bonds. The van der Waals surface area contributed by atoms with Gasteiger partial charge in [-0.2, -0.15) is 14.6 Å². The Morgan fingerprint density at radius 1 is 1.32 bits per heavy atom. The summed E-state index contributed by atoms with van der Waals surface area (Å²) in [6.45, 7) is 0.516. The van der Waals surface area contributed by atoms with Crippen LogP contribution in [0.3, 0.4) is 0 Å². The minimum atomic E-state index is -3.61. The van der Waals surface area contributed by atoms with Crippen molar-refractivity contribution in [2.75, 3.05) is 39.2 Å². The Morgan fingerprint density at radius 3 is 2.64 bits per heavy atom. The highest BCUT2D eigenvalue weighted by Crippen LogP contribution is 2.21. The second-order valence-corrected chi connectivity index (χ2v) is 7.53. The number of ether oxygens (including phenoxy) is 2. The first kappa shape index (κ1) is 21.1. The Labute approximate surface area is 164 Å². The van der Waals surface area contributed by atoms with Crippen LogP contribution >= 0.6 is 0 Å². The summed E-state index contributed by atoms with van der Waals surface area (Å²) in [5, 5.41) is 12.0. The largest absolute Gasteiger partial charge is 0.463 e. The van der Waals surface area contributed by atoms with Crippen LogP contribution in [0, 0.1) is 23.7 Å². The number of nitrogens with zero attached hydrogens (tertiary/aromatic N) is 4. The van der Waals surface area contributed by atoms with Crippen molar-refractivity contribution in [1.29, 1.82) is 5.26 Å². The second-order valence-electron chi connectivity index (χ2n) is 5.49. The Balaban J connectivity index is 2.17. The number of hydrogen-bond acceptors (Lipinski definition) is 8. The SMILES string of the molecule is C#CCOc1nc(Nc2ccc(S(=O)(=O)N(C)CCOC)cc2)ncc1C#N. The molecule has 0 radical (unpaired) electrons. The maximum absolute atomic E-state index is 12.5. The molecule has 1 aromatic carbocycles.